The first-order valence-corrected chi connectivity index (χ1v) is 9.56. The summed E-state index contributed by atoms with van der Waals surface area (Å²) in [5.74, 6) is 0.904. The summed E-state index contributed by atoms with van der Waals surface area (Å²) >= 11 is 0. The van der Waals surface area contributed by atoms with Crippen molar-refractivity contribution in [2.45, 2.75) is 70.5 Å². The smallest absolute Gasteiger partial charge is 0.155 e. The van der Waals surface area contributed by atoms with Gasteiger partial charge in [0, 0.05) is 17.3 Å². The molecule has 1 unspecified atom stereocenters. The summed E-state index contributed by atoms with van der Waals surface area (Å²) in [5, 5.41) is 21.4. The SMILES string of the molecule is C[C@]12CCC(=O)C=C1CC[C@H]1C2=CC[C@@]2(C)[C@@H]1CC[C@]2(O)C(O)C=O. The fourth-order valence-electron chi connectivity index (χ4n) is 6.50. The zero-order valence-corrected chi connectivity index (χ0v) is 15.1. The number of aliphatic hydroxyl groups excluding tert-OH is 1. The van der Waals surface area contributed by atoms with Crippen LogP contribution in [0.25, 0.3) is 0 Å². The van der Waals surface area contributed by atoms with Crippen molar-refractivity contribution in [3.05, 3.63) is 23.3 Å². The molecule has 0 amide bonds. The lowest BCUT2D eigenvalue weighted by Crippen LogP contribution is -2.56. The Bertz CT molecular complexity index is 692. The lowest BCUT2D eigenvalue weighted by atomic mass is 9.50. The number of carbonyl (C=O) groups is 2. The minimum atomic E-state index is -1.33. The Labute approximate surface area is 149 Å². The molecule has 0 saturated heterocycles. The first-order chi connectivity index (χ1) is 11.8. The van der Waals surface area contributed by atoms with Crippen molar-refractivity contribution in [1.82, 2.24) is 0 Å². The van der Waals surface area contributed by atoms with E-state index in [1.165, 1.54) is 11.1 Å². The van der Waals surface area contributed by atoms with Crippen molar-refractivity contribution >= 4 is 12.1 Å². The van der Waals surface area contributed by atoms with E-state index in [-0.39, 0.29) is 17.1 Å². The van der Waals surface area contributed by atoms with Crippen LogP contribution in [0.3, 0.4) is 0 Å². The number of rotatable bonds is 2. The van der Waals surface area contributed by atoms with Gasteiger partial charge in [-0.05, 0) is 56.4 Å². The van der Waals surface area contributed by atoms with Crippen molar-refractivity contribution in [1.29, 1.82) is 0 Å². The minimum Gasteiger partial charge on any atom is -0.386 e. The van der Waals surface area contributed by atoms with Crippen molar-refractivity contribution in [2.24, 2.45) is 22.7 Å². The number of ketones is 1. The molecule has 6 atom stereocenters. The maximum Gasteiger partial charge on any atom is 0.155 e. The first kappa shape index (κ1) is 17.2. The Kier molecular flexibility index (Phi) is 3.69. The van der Waals surface area contributed by atoms with E-state index in [1.54, 1.807) is 0 Å². The van der Waals surface area contributed by atoms with E-state index in [1.807, 2.05) is 13.0 Å². The van der Waals surface area contributed by atoms with Gasteiger partial charge in [-0.2, -0.15) is 0 Å². The zero-order valence-electron chi connectivity index (χ0n) is 15.1. The molecule has 0 heterocycles. The van der Waals surface area contributed by atoms with Gasteiger partial charge in [-0.25, -0.2) is 0 Å². The summed E-state index contributed by atoms with van der Waals surface area (Å²) in [4.78, 5) is 23.1. The van der Waals surface area contributed by atoms with E-state index < -0.39 is 17.1 Å². The van der Waals surface area contributed by atoms with Gasteiger partial charge in [0.15, 0.2) is 12.1 Å². The molecular weight excluding hydrogens is 316 g/mol. The van der Waals surface area contributed by atoms with E-state index >= 15 is 0 Å². The molecule has 4 aliphatic rings. The van der Waals surface area contributed by atoms with Crippen LogP contribution in [0.15, 0.2) is 23.3 Å². The Balaban J connectivity index is 1.75. The Morgan fingerprint density at radius 2 is 2.00 bits per heavy atom. The van der Waals surface area contributed by atoms with Crippen LogP contribution < -0.4 is 0 Å². The molecule has 0 aromatic heterocycles. The van der Waals surface area contributed by atoms with Gasteiger partial charge >= 0.3 is 0 Å². The topological polar surface area (TPSA) is 74.6 Å². The summed E-state index contributed by atoms with van der Waals surface area (Å²) in [6.45, 7) is 4.32. The van der Waals surface area contributed by atoms with Crippen LogP contribution in [0, 0.1) is 22.7 Å². The molecule has 2 fully saturated rings. The number of aldehydes is 1. The summed E-state index contributed by atoms with van der Waals surface area (Å²) in [6.07, 6.45) is 8.72. The molecular formula is C21H28O4. The second-order valence-electron chi connectivity index (χ2n) is 9.04. The maximum atomic E-state index is 11.9. The minimum absolute atomic E-state index is 0.0257. The van der Waals surface area contributed by atoms with E-state index in [2.05, 4.69) is 13.0 Å². The monoisotopic (exact) mass is 344 g/mol. The van der Waals surface area contributed by atoms with Crippen molar-refractivity contribution in [3.63, 3.8) is 0 Å². The number of carbonyl (C=O) groups excluding carboxylic acids is 2. The lowest BCUT2D eigenvalue weighted by Gasteiger charge is -2.55. The fourth-order valence-corrected chi connectivity index (χ4v) is 6.50. The summed E-state index contributed by atoms with van der Waals surface area (Å²) in [7, 11) is 0. The molecule has 4 aliphatic carbocycles. The Morgan fingerprint density at radius 3 is 2.72 bits per heavy atom. The van der Waals surface area contributed by atoms with E-state index in [9.17, 15) is 19.8 Å². The average molecular weight is 344 g/mol. The van der Waals surface area contributed by atoms with Crippen LogP contribution >= 0.6 is 0 Å². The third-order valence-electron chi connectivity index (χ3n) is 8.17. The predicted molar refractivity (Wildman–Crippen MR) is 93.7 cm³/mol. The maximum absolute atomic E-state index is 11.9. The van der Waals surface area contributed by atoms with E-state index in [0.717, 1.165) is 25.7 Å². The van der Waals surface area contributed by atoms with Gasteiger partial charge in [0.2, 0.25) is 0 Å². The molecule has 4 heteroatoms. The quantitative estimate of drug-likeness (QED) is 0.597. The van der Waals surface area contributed by atoms with Gasteiger partial charge < -0.3 is 15.0 Å². The lowest BCUT2D eigenvalue weighted by molar-refractivity contribution is -0.159. The van der Waals surface area contributed by atoms with Crippen LogP contribution in [0.4, 0.5) is 0 Å². The van der Waals surface area contributed by atoms with Gasteiger partial charge in [0.1, 0.15) is 11.7 Å². The standard InChI is InChI=1S/C21H28O4/c1-19-8-5-14(23)11-13(19)3-4-15-16(19)6-9-20(2)17(15)7-10-21(20,25)18(24)12-22/h6,11-12,15,17-18,24-25H,3-5,7-10H2,1-2H3/t15-,17+,18?,19-,20-,21-/m0/s1. The zero-order chi connectivity index (χ0) is 18.0. The van der Waals surface area contributed by atoms with Crippen LogP contribution in [-0.2, 0) is 9.59 Å². The first-order valence-electron chi connectivity index (χ1n) is 9.56. The predicted octanol–water partition coefficient (Wildman–Crippen LogP) is 2.73. The van der Waals surface area contributed by atoms with Gasteiger partial charge in [0.05, 0.1) is 0 Å². The second kappa shape index (κ2) is 5.37. The highest BCUT2D eigenvalue weighted by Gasteiger charge is 2.64. The molecule has 2 N–H and O–H groups in total. The van der Waals surface area contributed by atoms with Crippen molar-refractivity contribution in [2.75, 3.05) is 0 Å². The molecule has 0 spiro atoms. The Morgan fingerprint density at radius 1 is 1.24 bits per heavy atom. The summed E-state index contributed by atoms with van der Waals surface area (Å²) in [5.41, 5.74) is 0.882. The largest absolute Gasteiger partial charge is 0.386 e. The van der Waals surface area contributed by atoms with E-state index in [4.69, 9.17) is 0 Å². The van der Waals surface area contributed by atoms with E-state index in [0.29, 0.717) is 31.5 Å². The third kappa shape index (κ3) is 2.07. The number of fused-ring (bicyclic) bond motifs is 5. The Hall–Kier alpha value is -1.26. The highest BCUT2D eigenvalue weighted by atomic mass is 16.3. The fraction of sp³-hybridized carbons (Fsp3) is 0.714. The highest BCUT2D eigenvalue weighted by Crippen LogP contribution is 2.65. The van der Waals surface area contributed by atoms with Crippen LogP contribution in [0.2, 0.25) is 0 Å². The van der Waals surface area contributed by atoms with Crippen molar-refractivity contribution < 1.29 is 19.8 Å². The molecule has 4 rings (SSSR count). The molecule has 4 nitrogen and oxygen atoms in total. The number of allylic oxidation sites excluding steroid dienone is 4. The van der Waals surface area contributed by atoms with Crippen LogP contribution in [0.5, 0.6) is 0 Å². The third-order valence-corrected chi connectivity index (χ3v) is 8.17. The highest BCUT2D eigenvalue weighted by molar-refractivity contribution is 5.92. The normalized spacial score (nSPS) is 47.1. The second-order valence-corrected chi connectivity index (χ2v) is 9.04. The van der Waals surface area contributed by atoms with Gasteiger partial charge in [-0.3, -0.25) is 4.79 Å². The molecule has 0 aromatic rings. The van der Waals surface area contributed by atoms with Crippen LogP contribution in [0.1, 0.15) is 58.8 Å². The molecule has 0 aliphatic heterocycles. The molecule has 136 valence electrons. The number of hydrogen-bond donors (Lipinski definition) is 2. The summed E-state index contributed by atoms with van der Waals surface area (Å²) in [6, 6.07) is 0. The summed E-state index contributed by atoms with van der Waals surface area (Å²) < 4.78 is 0. The van der Waals surface area contributed by atoms with Gasteiger partial charge in [-0.1, -0.05) is 31.1 Å². The molecule has 0 radical (unpaired) electrons. The molecule has 25 heavy (non-hydrogen) atoms. The van der Waals surface area contributed by atoms with Crippen molar-refractivity contribution in [3.8, 4) is 0 Å². The average Bonchev–Trinajstić information content (AvgIpc) is 2.87. The van der Waals surface area contributed by atoms with Crippen LogP contribution in [-0.4, -0.2) is 34.0 Å². The number of hydrogen-bond acceptors (Lipinski definition) is 4. The van der Waals surface area contributed by atoms with Gasteiger partial charge in [0.25, 0.3) is 0 Å². The molecule has 0 bridgehead atoms. The number of aliphatic hydroxyl groups is 2. The molecule has 2 saturated carbocycles. The van der Waals surface area contributed by atoms with Gasteiger partial charge in [-0.15, -0.1) is 0 Å². The molecule has 0 aromatic carbocycles.